The summed E-state index contributed by atoms with van der Waals surface area (Å²) in [5, 5.41) is 0.212. The van der Waals surface area contributed by atoms with Crippen molar-refractivity contribution in [2.45, 2.75) is 30.2 Å². The van der Waals surface area contributed by atoms with Gasteiger partial charge in [-0.25, -0.2) is 13.1 Å². The quantitative estimate of drug-likeness (QED) is 0.859. The smallest absolute Gasteiger partial charge is 0.243 e. The van der Waals surface area contributed by atoms with Crippen molar-refractivity contribution < 1.29 is 8.42 Å². The first-order valence-electron chi connectivity index (χ1n) is 6.12. The Balaban J connectivity index is 2.28. The lowest BCUT2D eigenvalue weighted by Crippen LogP contribution is -2.40. The highest BCUT2D eigenvalue weighted by Crippen LogP contribution is 2.31. The van der Waals surface area contributed by atoms with Gasteiger partial charge in [0.25, 0.3) is 0 Å². The van der Waals surface area contributed by atoms with Crippen molar-refractivity contribution in [1.82, 2.24) is 4.72 Å². The van der Waals surface area contributed by atoms with Crippen LogP contribution in [0.5, 0.6) is 0 Å². The fourth-order valence-corrected chi connectivity index (χ4v) is 5.55. The van der Waals surface area contributed by atoms with Crippen molar-refractivity contribution >= 4 is 37.6 Å². The van der Waals surface area contributed by atoms with Gasteiger partial charge in [-0.05, 0) is 53.4 Å². The van der Waals surface area contributed by atoms with E-state index in [0.717, 1.165) is 19.3 Å². The van der Waals surface area contributed by atoms with E-state index < -0.39 is 10.0 Å². The van der Waals surface area contributed by atoms with Gasteiger partial charge in [-0.2, -0.15) is 0 Å². The molecule has 2 rings (SSSR count). The van der Waals surface area contributed by atoms with Gasteiger partial charge in [-0.15, -0.1) is 0 Å². The molecule has 19 heavy (non-hydrogen) atoms. The standard InChI is InChI=1S/C12H16BrClN2O2S/c13-9-4-2-5-10(14)12(9)19(17,18)16-11-6-1-3-8(11)7-15/h2,4-5,8,11,16H,1,3,6-7,15H2. The van der Waals surface area contributed by atoms with Gasteiger partial charge in [0.2, 0.25) is 10.0 Å². The molecule has 7 heteroatoms. The van der Waals surface area contributed by atoms with Crippen molar-refractivity contribution in [3.63, 3.8) is 0 Å². The number of sulfonamides is 1. The summed E-state index contributed by atoms with van der Waals surface area (Å²) >= 11 is 9.23. The molecule has 1 aliphatic carbocycles. The Hall–Kier alpha value is -0.140. The molecule has 0 radical (unpaired) electrons. The molecule has 2 atom stereocenters. The third-order valence-corrected chi connectivity index (χ3v) is 6.40. The Morgan fingerprint density at radius 2 is 2.16 bits per heavy atom. The summed E-state index contributed by atoms with van der Waals surface area (Å²) in [7, 11) is -3.63. The lowest BCUT2D eigenvalue weighted by molar-refractivity contribution is 0.453. The molecular formula is C12H16BrClN2O2S. The van der Waals surface area contributed by atoms with Crippen LogP contribution < -0.4 is 10.5 Å². The topological polar surface area (TPSA) is 72.2 Å². The van der Waals surface area contributed by atoms with Crippen LogP contribution in [0.4, 0.5) is 0 Å². The summed E-state index contributed by atoms with van der Waals surface area (Å²) < 4.78 is 28.0. The largest absolute Gasteiger partial charge is 0.330 e. The summed E-state index contributed by atoms with van der Waals surface area (Å²) in [6.07, 6.45) is 2.79. The predicted molar refractivity (Wildman–Crippen MR) is 79.7 cm³/mol. The number of nitrogens with two attached hydrogens (primary N) is 1. The number of hydrogen-bond acceptors (Lipinski definition) is 3. The highest BCUT2D eigenvalue weighted by molar-refractivity contribution is 9.10. The molecule has 106 valence electrons. The van der Waals surface area contributed by atoms with Crippen LogP contribution in [0.2, 0.25) is 5.02 Å². The first-order valence-corrected chi connectivity index (χ1v) is 8.77. The minimum absolute atomic E-state index is 0.0966. The van der Waals surface area contributed by atoms with Gasteiger partial charge >= 0.3 is 0 Å². The molecule has 0 spiro atoms. The van der Waals surface area contributed by atoms with E-state index in [1.807, 2.05) is 0 Å². The second-order valence-corrected chi connectivity index (χ2v) is 7.62. The van der Waals surface area contributed by atoms with Gasteiger partial charge in [0, 0.05) is 10.5 Å². The van der Waals surface area contributed by atoms with Crippen LogP contribution in [0.15, 0.2) is 27.6 Å². The van der Waals surface area contributed by atoms with E-state index in [9.17, 15) is 8.42 Å². The van der Waals surface area contributed by atoms with E-state index in [-0.39, 0.29) is 21.9 Å². The second-order valence-electron chi connectivity index (χ2n) is 4.71. The zero-order chi connectivity index (χ0) is 14.0. The predicted octanol–water partition coefficient (Wildman–Crippen LogP) is 2.51. The van der Waals surface area contributed by atoms with Gasteiger partial charge in [0.1, 0.15) is 4.90 Å². The minimum Gasteiger partial charge on any atom is -0.330 e. The molecule has 1 saturated carbocycles. The molecule has 1 aromatic rings. The van der Waals surface area contributed by atoms with Crippen molar-refractivity contribution in [3.8, 4) is 0 Å². The zero-order valence-corrected chi connectivity index (χ0v) is 13.4. The first kappa shape index (κ1) is 15.3. The Morgan fingerprint density at radius 3 is 2.79 bits per heavy atom. The van der Waals surface area contributed by atoms with Crippen molar-refractivity contribution in [2.75, 3.05) is 6.54 Å². The molecule has 0 bridgehead atoms. The van der Waals surface area contributed by atoms with Crippen molar-refractivity contribution in [1.29, 1.82) is 0 Å². The van der Waals surface area contributed by atoms with E-state index in [1.54, 1.807) is 18.2 Å². The van der Waals surface area contributed by atoms with Gasteiger partial charge < -0.3 is 5.73 Å². The summed E-state index contributed by atoms with van der Waals surface area (Å²) in [6, 6.07) is 4.83. The minimum atomic E-state index is -3.63. The van der Waals surface area contributed by atoms with Gasteiger partial charge in [-0.1, -0.05) is 24.1 Å². The van der Waals surface area contributed by atoms with E-state index >= 15 is 0 Å². The number of benzene rings is 1. The average molecular weight is 368 g/mol. The molecular weight excluding hydrogens is 352 g/mol. The Kier molecular flexibility index (Phi) is 4.89. The Labute approximate surface area is 126 Å². The second kappa shape index (κ2) is 6.10. The lowest BCUT2D eigenvalue weighted by atomic mass is 10.1. The van der Waals surface area contributed by atoms with Gasteiger partial charge in [-0.3, -0.25) is 0 Å². The number of halogens is 2. The number of hydrogen-bond donors (Lipinski definition) is 2. The van der Waals surface area contributed by atoms with E-state index in [1.165, 1.54) is 0 Å². The summed E-state index contributed by atoms with van der Waals surface area (Å²) in [4.78, 5) is 0.0966. The van der Waals surface area contributed by atoms with Crippen LogP contribution in [-0.2, 0) is 10.0 Å². The Morgan fingerprint density at radius 1 is 1.42 bits per heavy atom. The van der Waals surface area contributed by atoms with Crippen LogP contribution in [0.3, 0.4) is 0 Å². The molecule has 0 saturated heterocycles. The molecule has 0 aliphatic heterocycles. The third kappa shape index (κ3) is 3.31. The molecule has 0 amide bonds. The number of nitrogens with one attached hydrogen (secondary N) is 1. The van der Waals surface area contributed by atoms with Crippen LogP contribution in [0, 0.1) is 5.92 Å². The molecule has 1 aromatic carbocycles. The Bertz CT molecular complexity index is 545. The lowest BCUT2D eigenvalue weighted by Gasteiger charge is -2.20. The van der Waals surface area contributed by atoms with E-state index in [2.05, 4.69) is 20.7 Å². The van der Waals surface area contributed by atoms with E-state index in [4.69, 9.17) is 17.3 Å². The molecule has 0 heterocycles. The fourth-order valence-electron chi connectivity index (χ4n) is 2.47. The SMILES string of the molecule is NCC1CCCC1NS(=O)(=O)c1c(Cl)cccc1Br. The van der Waals surface area contributed by atoms with Crippen molar-refractivity contribution in [2.24, 2.45) is 11.7 Å². The fraction of sp³-hybridized carbons (Fsp3) is 0.500. The van der Waals surface area contributed by atoms with Gasteiger partial charge in [0.15, 0.2) is 0 Å². The van der Waals surface area contributed by atoms with Crippen LogP contribution in [-0.4, -0.2) is 21.0 Å². The molecule has 3 N–H and O–H groups in total. The molecule has 4 nitrogen and oxygen atoms in total. The molecule has 1 fully saturated rings. The maximum atomic E-state index is 12.4. The molecule has 2 unspecified atom stereocenters. The average Bonchev–Trinajstić information content (AvgIpc) is 2.74. The van der Waals surface area contributed by atoms with Crippen LogP contribution in [0.25, 0.3) is 0 Å². The highest BCUT2D eigenvalue weighted by Gasteiger charge is 2.31. The van der Waals surface area contributed by atoms with Crippen LogP contribution >= 0.6 is 27.5 Å². The third-order valence-electron chi connectivity index (χ3n) is 3.46. The highest BCUT2D eigenvalue weighted by atomic mass is 79.9. The monoisotopic (exact) mass is 366 g/mol. The van der Waals surface area contributed by atoms with Crippen molar-refractivity contribution in [3.05, 3.63) is 27.7 Å². The maximum Gasteiger partial charge on any atom is 0.243 e. The summed E-state index contributed by atoms with van der Waals surface area (Å²) in [5.41, 5.74) is 5.67. The van der Waals surface area contributed by atoms with E-state index in [0.29, 0.717) is 11.0 Å². The molecule has 0 aromatic heterocycles. The summed E-state index contributed by atoms with van der Waals surface area (Å²) in [5.74, 6) is 0.205. The number of rotatable bonds is 4. The normalized spacial score (nSPS) is 23.7. The molecule has 1 aliphatic rings. The van der Waals surface area contributed by atoms with Crippen LogP contribution in [0.1, 0.15) is 19.3 Å². The zero-order valence-electron chi connectivity index (χ0n) is 10.3. The first-order chi connectivity index (χ1) is 8.95. The maximum absolute atomic E-state index is 12.4. The van der Waals surface area contributed by atoms with Gasteiger partial charge in [0.05, 0.1) is 5.02 Å². The summed E-state index contributed by atoms with van der Waals surface area (Å²) in [6.45, 7) is 0.497.